The third-order valence-corrected chi connectivity index (χ3v) is 4.21. The van der Waals surface area contributed by atoms with Crippen molar-refractivity contribution in [2.45, 2.75) is 32.7 Å². The van der Waals surface area contributed by atoms with E-state index in [0.29, 0.717) is 16.1 Å². The number of hydrogen-bond donors (Lipinski definition) is 1. The molecule has 0 spiro atoms. The summed E-state index contributed by atoms with van der Waals surface area (Å²) in [5.41, 5.74) is 2.77. The molecule has 2 aromatic rings. The molecule has 1 unspecified atom stereocenters. The molecule has 0 aliphatic heterocycles. The van der Waals surface area contributed by atoms with Crippen LogP contribution >= 0.6 is 15.9 Å². The molecule has 1 N–H and O–H groups in total. The lowest BCUT2D eigenvalue weighted by molar-refractivity contribution is 0.518. The van der Waals surface area contributed by atoms with Crippen molar-refractivity contribution in [3.8, 4) is 11.1 Å². The molecule has 0 bridgehead atoms. The predicted molar refractivity (Wildman–Crippen MR) is 90.9 cm³/mol. The van der Waals surface area contributed by atoms with E-state index in [1.165, 1.54) is 5.56 Å². The van der Waals surface area contributed by atoms with Crippen molar-refractivity contribution in [1.82, 2.24) is 5.32 Å². The van der Waals surface area contributed by atoms with E-state index in [2.05, 4.69) is 47.2 Å². The van der Waals surface area contributed by atoms with E-state index in [4.69, 9.17) is 0 Å². The fraction of sp³-hybridized carbons (Fsp3) is 0.333. The molecular formula is C18H21BrFN. The Morgan fingerprint density at radius 2 is 1.90 bits per heavy atom. The van der Waals surface area contributed by atoms with E-state index in [-0.39, 0.29) is 5.82 Å². The molecule has 2 aromatic carbocycles. The molecule has 112 valence electrons. The SMILES string of the molecule is CCCNC(CC)c1cccc(-c2cccc(Br)c2F)c1. The number of benzene rings is 2. The third-order valence-electron chi connectivity index (χ3n) is 3.60. The van der Waals surface area contributed by atoms with Gasteiger partial charge in [0.2, 0.25) is 0 Å². The van der Waals surface area contributed by atoms with Crippen LogP contribution < -0.4 is 5.32 Å². The molecule has 21 heavy (non-hydrogen) atoms. The van der Waals surface area contributed by atoms with Gasteiger partial charge in [-0.15, -0.1) is 0 Å². The zero-order valence-electron chi connectivity index (χ0n) is 12.5. The summed E-state index contributed by atoms with van der Waals surface area (Å²) in [4.78, 5) is 0. The molecule has 0 fully saturated rings. The summed E-state index contributed by atoms with van der Waals surface area (Å²) in [5.74, 6) is -0.204. The maximum Gasteiger partial charge on any atom is 0.145 e. The molecule has 0 radical (unpaired) electrons. The normalized spacial score (nSPS) is 12.4. The number of hydrogen-bond acceptors (Lipinski definition) is 1. The van der Waals surface area contributed by atoms with Gasteiger partial charge in [0.15, 0.2) is 0 Å². The maximum absolute atomic E-state index is 14.2. The van der Waals surface area contributed by atoms with Gasteiger partial charge in [0.05, 0.1) is 4.47 Å². The summed E-state index contributed by atoms with van der Waals surface area (Å²) >= 11 is 3.25. The molecule has 0 aromatic heterocycles. The first-order valence-corrected chi connectivity index (χ1v) is 8.24. The van der Waals surface area contributed by atoms with Gasteiger partial charge in [-0.2, -0.15) is 0 Å². The van der Waals surface area contributed by atoms with Crippen LogP contribution in [0.5, 0.6) is 0 Å². The highest BCUT2D eigenvalue weighted by Crippen LogP contribution is 2.30. The standard InChI is InChI=1S/C18H21BrFN/c1-3-11-21-17(4-2)14-8-5-7-13(12-14)15-9-6-10-16(19)18(15)20/h5-10,12,17,21H,3-4,11H2,1-2H3. The van der Waals surface area contributed by atoms with Crippen LogP contribution in [0.3, 0.4) is 0 Å². The molecular weight excluding hydrogens is 329 g/mol. The van der Waals surface area contributed by atoms with Crippen LogP contribution in [0.25, 0.3) is 11.1 Å². The summed E-state index contributed by atoms with van der Waals surface area (Å²) in [7, 11) is 0. The molecule has 0 amide bonds. The average Bonchev–Trinajstić information content (AvgIpc) is 2.51. The van der Waals surface area contributed by atoms with Crippen LogP contribution in [-0.2, 0) is 0 Å². The highest BCUT2D eigenvalue weighted by atomic mass is 79.9. The van der Waals surface area contributed by atoms with E-state index >= 15 is 0 Å². The molecule has 0 saturated carbocycles. The Labute approximate surface area is 134 Å². The average molecular weight is 350 g/mol. The van der Waals surface area contributed by atoms with Gasteiger partial charge in [0.1, 0.15) is 5.82 Å². The largest absolute Gasteiger partial charge is 0.310 e. The zero-order valence-corrected chi connectivity index (χ0v) is 14.1. The van der Waals surface area contributed by atoms with Crippen LogP contribution in [0.1, 0.15) is 38.3 Å². The van der Waals surface area contributed by atoms with E-state index < -0.39 is 0 Å². The van der Waals surface area contributed by atoms with Crippen LogP contribution in [0.4, 0.5) is 4.39 Å². The minimum absolute atomic E-state index is 0.204. The minimum atomic E-state index is -0.204. The lowest BCUT2D eigenvalue weighted by Crippen LogP contribution is -2.21. The quantitative estimate of drug-likeness (QED) is 0.704. The van der Waals surface area contributed by atoms with Crippen molar-refractivity contribution in [3.05, 3.63) is 58.3 Å². The van der Waals surface area contributed by atoms with Crippen LogP contribution in [0.2, 0.25) is 0 Å². The Kier molecular flexibility index (Phi) is 5.95. The Bertz CT molecular complexity index is 598. The molecule has 1 atom stereocenters. The van der Waals surface area contributed by atoms with Crippen molar-refractivity contribution in [3.63, 3.8) is 0 Å². The molecule has 3 heteroatoms. The van der Waals surface area contributed by atoms with E-state index in [0.717, 1.165) is 24.9 Å². The molecule has 0 aliphatic carbocycles. The second-order valence-electron chi connectivity index (χ2n) is 5.14. The molecule has 1 nitrogen and oxygen atoms in total. The molecule has 0 aliphatic rings. The monoisotopic (exact) mass is 349 g/mol. The summed E-state index contributed by atoms with van der Waals surface area (Å²) in [5, 5.41) is 3.54. The number of rotatable bonds is 6. The fourth-order valence-corrected chi connectivity index (χ4v) is 2.83. The Morgan fingerprint density at radius 1 is 1.14 bits per heavy atom. The molecule has 2 rings (SSSR count). The smallest absolute Gasteiger partial charge is 0.145 e. The van der Waals surface area contributed by atoms with Crippen LogP contribution in [0.15, 0.2) is 46.9 Å². The van der Waals surface area contributed by atoms with Gasteiger partial charge in [-0.25, -0.2) is 4.39 Å². The predicted octanol–water partition coefficient (Wildman–Crippen LogP) is 5.71. The van der Waals surface area contributed by atoms with Gasteiger partial charge in [0.25, 0.3) is 0 Å². The summed E-state index contributed by atoms with van der Waals surface area (Å²) < 4.78 is 14.7. The summed E-state index contributed by atoms with van der Waals surface area (Å²) in [6.45, 7) is 5.32. The highest BCUT2D eigenvalue weighted by Gasteiger charge is 2.12. The number of halogens is 2. The fourth-order valence-electron chi connectivity index (χ4n) is 2.47. The van der Waals surface area contributed by atoms with Crippen molar-refractivity contribution in [2.75, 3.05) is 6.54 Å². The first-order valence-electron chi connectivity index (χ1n) is 7.45. The van der Waals surface area contributed by atoms with Crippen LogP contribution in [0, 0.1) is 5.82 Å². The number of nitrogens with one attached hydrogen (secondary N) is 1. The lowest BCUT2D eigenvalue weighted by Gasteiger charge is -2.18. The Hall–Kier alpha value is -1.19. The van der Waals surface area contributed by atoms with Gasteiger partial charge in [-0.3, -0.25) is 0 Å². The second-order valence-corrected chi connectivity index (χ2v) is 6.00. The van der Waals surface area contributed by atoms with Gasteiger partial charge in [0, 0.05) is 11.6 Å². The van der Waals surface area contributed by atoms with Crippen molar-refractivity contribution < 1.29 is 4.39 Å². The highest BCUT2D eigenvalue weighted by molar-refractivity contribution is 9.10. The van der Waals surface area contributed by atoms with Crippen molar-refractivity contribution in [2.24, 2.45) is 0 Å². The van der Waals surface area contributed by atoms with E-state index in [1.54, 1.807) is 6.07 Å². The first kappa shape index (κ1) is 16.2. The lowest BCUT2D eigenvalue weighted by atomic mass is 9.98. The minimum Gasteiger partial charge on any atom is -0.310 e. The summed E-state index contributed by atoms with van der Waals surface area (Å²) in [6.07, 6.45) is 2.13. The third kappa shape index (κ3) is 3.92. The van der Waals surface area contributed by atoms with Crippen LogP contribution in [-0.4, -0.2) is 6.54 Å². The van der Waals surface area contributed by atoms with E-state index in [9.17, 15) is 4.39 Å². The second kappa shape index (κ2) is 7.71. The first-order chi connectivity index (χ1) is 10.2. The van der Waals surface area contributed by atoms with Gasteiger partial charge in [-0.05, 0) is 58.6 Å². The van der Waals surface area contributed by atoms with E-state index in [1.807, 2.05) is 24.3 Å². The van der Waals surface area contributed by atoms with Gasteiger partial charge < -0.3 is 5.32 Å². The zero-order chi connectivity index (χ0) is 15.2. The Balaban J connectivity index is 2.34. The summed E-state index contributed by atoms with van der Waals surface area (Å²) in [6, 6.07) is 13.9. The van der Waals surface area contributed by atoms with Crippen molar-refractivity contribution in [1.29, 1.82) is 0 Å². The Morgan fingerprint density at radius 3 is 2.62 bits per heavy atom. The molecule has 0 heterocycles. The van der Waals surface area contributed by atoms with Gasteiger partial charge >= 0.3 is 0 Å². The molecule has 0 saturated heterocycles. The van der Waals surface area contributed by atoms with Crippen molar-refractivity contribution >= 4 is 15.9 Å². The maximum atomic E-state index is 14.2. The van der Waals surface area contributed by atoms with Gasteiger partial charge in [-0.1, -0.05) is 44.2 Å². The topological polar surface area (TPSA) is 12.0 Å².